The number of thioether (sulfide) groups is 1. The number of hydrogen-bond donors (Lipinski definition) is 1. The van der Waals surface area contributed by atoms with Gasteiger partial charge in [0.1, 0.15) is 11.7 Å². The quantitative estimate of drug-likeness (QED) is 0.377. The predicted molar refractivity (Wildman–Crippen MR) is 127 cm³/mol. The molecule has 0 aliphatic carbocycles. The maximum atomic E-state index is 12.9. The smallest absolute Gasteiger partial charge is 0.319 e. The van der Waals surface area contributed by atoms with Gasteiger partial charge >= 0.3 is 5.97 Å². The van der Waals surface area contributed by atoms with E-state index >= 15 is 0 Å². The highest BCUT2D eigenvalue weighted by Crippen LogP contribution is 2.42. The highest BCUT2D eigenvalue weighted by Gasteiger charge is 2.44. The maximum Gasteiger partial charge on any atom is 0.319 e. The summed E-state index contributed by atoms with van der Waals surface area (Å²) in [5.41, 5.74) is 1.65. The van der Waals surface area contributed by atoms with Crippen LogP contribution >= 0.6 is 50.9 Å². The van der Waals surface area contributed by atoms with Crippen LogP contribution in [0, 0.1) is 17.2 Å². The predicted octanol–water partition coefficient (Wildman–Crippen LogP) is 5.44. The van der Waals surface area contributed by atoms with Gasteiger partial charge in [-0.3, -0.25) is 9.59 Å². The molecule has 3 rings (SSSR count). The third kappa shape index (κ3) is 5.07. The van der Waals surface area contributed by atoms with Gasteiger partial charge in [0, 0.05) is 21.7 Å². The van der Waals surface area contributed by atoms with Crippen LogP contribution in [0.4, 0.5) is 0 Å². The first-order valence-electron chi connectivity index (χ1n) is 9.23. The summed E-state index contributed by atoms with van der Waals surface area (Å²) in [5.74, 6) is -2.34. The molecule has 0 saturated carbocycles. The molecule has 0 spiro atoms. The molecular formula is C22H17BrCl2N2O4S. The van der Waals surface area contributed by atoms with Gasteiger partial charge < -0.3 is 14.8 Å². The summed E-state index contributed by atoms with van der Waals surface area (Å²) in [6, 6.07) is 12.5. The molecule has 0 fully saturated rings. The Bertz CT molecular complexity index is 1150. The average Bonchev–Trinajstić information content (AvgIpc) is 2.77. The molecule has 2 atom stereocenters. The number of amides is 1. The van der Waals surface area contributed by atoms with Crippen LogP contribution in [-0.4, -0.2) is 26.1 Å². The topological polar surface area (TPSA) is 88.4 Å². The van der Waals surface area contributed by atoms with Crippen molar-refractivity contribution in [1.29, 1.82) is 5.26 Å². The zero-order chi connectivity index (χ0) is 23.4. The minimum Gasteiger partial charge on any atom is -0.496 e. The molecular weight excluding hydrogens is 539 g/mol. The summed E-state index contributed by atoms with van der Waals surface area (Å²) in [4.78, 5) is 25.4. The van der Waals surface area contributed by atoms with Crippen LogP contribution in [0.3, 0.4) is 0 Å². The van der Waals surface area contributed by atoms with Gasteiger partial charge in [-0.2, -0.15) is 5.26 Å². The lowest BCUT2D eigenvalue weighted by atomic mass is 9.78. The molecule has 1 amide bonds. The molecule has 0 saturated heterocycles. The number of carbonyl (C=O) groups excluding carboxylic acids is 2. The van der Waals surface area contributed by atoms with Gasteiger partial charge in [-0.1, -0.05) is 35.3 Å². The molecule has 1 aliphatic heterocycles. The molecule has 6 nitrogen and oxygen atoms in total. The van der Waals surface area contributed by atoms with Crippen molar-refractivity contribution in [2.75, 3.05) is 14.2 Å². The van der Waals surface area contributed by atoms with Crippen molar-refractivity contribution < 1.29 is 19.1 Å². The summed E-state index contributed by atoms with van der Waals surface area (Å²) in [6.07, 6.45) is 0. The van der Waals surface area contributed by atoms with E-state index in [2.05, 4.69) is 27.3 Å². The van der Waals surface area contributed by atoms with Crippen LogP contribution in [0.15, 0.2) is 51.5 Å². The normalized spacial score (nSPS) is 18.1. The number of halogens is 3. The van der Waals surface area contributed by atoms with Crippen LogP contribution < -0.4 is 10.1 Å². The molecule has 166 valence electrons. The number of nitriles is 1. The summed E-state index contributed by atoms with van der Waals surface area (Å²) in [7, 11) is 2.74. The fourth-order valence-corrected chi connectivity index (χ4v) is 5.51. The minimum atomic E-state index is -1.21. The molecule has 0 unspecified atom stereocenters. The van der Waals surface area contributed by atoms with E-state index in [0.29, 0.717) is 36.6 Å². The van der Waals surface area contributed by atoms with Crippen molar-refractivity contribution >= 4 is 62.8 Å². The lowest BCUT2D eigenvalue weighted by molar-refractivity contribution is -0.150. The first-order chi connectivity index (χ1) is 15.3. The van der Waals surface area contributed by atoms with Crippen LogP contribution in [-0.2, 0) is 20.1 Å². The van der Waals surface area contributed by atoms with E-state index in [1.54, 1.807) is 36.4 Å². The Balaban J connectivity index is 2.05. The van der Waals surface area contributed by atoms with E-state index in [1.165, 1.54) is 26.0 Å². The Morgan fingerprint density at radius 1 is 1.25 bits per heavy atom. The number of esters is 1. The number of hydrogen-bond acceptors (Lipinski definition) is 6. The standard InChI is InChI=1S/C22H17BrCl2N2O4S/c1-30-17-6-4-11(7-15(17)23)18-14(9-26)21(27-20(28)19(18)22(29)31-2)32-10-12-3-5-13(24)8-16(12)25/h3-8,18-19H,10H2,1-2H3,(H,27,28)/t18-,19+/m1/s1. The zero-order valence-electron chi connectivity index (χ0n) is 16.9. The highest BCUT2D eigenvalue weighted by molar-refractivity contribution is 9.10. The summed E-state index contributed by atoms with van der Waals surface area (Å²) >= 11 is 16.9. The molecule has 0 radical (unpaired) electrons. The lowest BCUT2D eigenvalue weighted by Gasteiger charge is -2.31. The zero-order valence-corrected chi connectivity index (χ0v) is 20.9. The van der Waals surface area contributed by atoms with E-state index < -0.39 is 23.7 Å². The molecule has 10 heteroatoms. The number of nitrogens with one attached hydrogen (secondary N) is 1. The summed E-state index contributed by atoms with van der Waals surface area (Å²) in [6.45, 7) is 0. The van der Waals surface area contributed by atoms with Gasteiger partial charge in [-0.15, -0.1) is 11.8 Å². The van der Waals surface area contributed by atoms with Crippen molar-refractivity contribution in [2.45, 2.75) is 11.7 Å². The largest absolute Gasteiger partial charge is 0.496 e. The lowest BCUT2D eigenvalue weighted by Crippen LogP contribution is -2.44. The van der Waals surface area contributed by atoms with Crippen LogP contribution in [0.1, 0.15) is 17.0 Å². The van der Waals surface area contributed by atoms with Crippen molar-refractivity contribution in [3.8, 4) is 11.8 Å². The van der Waals surface area contributed by atoms with Crippen molar-refractivity contribution in [3.05, 3.63) is 72.6 Å². The van der Waals surface area contributed by atoms with E-state index in [4.69, 9.17) is 32.7 Å². The Labute approximate surface area is 208 Å². The number of rotatable bonds is 6. The second kappa shape index (κ2) is 10.6. The monoisotopic (exact) mass is 554 g/mol. The number of ether oxygens (including phenoxy) is 2. The fourth-order valence-electron chi connectivity index (χ4n) is 3.34. The van der Waals surface area contributed by atoms with Gasteiger partial charge in [0.15, 0.2) is 0 Å². The second-order valence-electron chi connectivity index (χ2n) is 6.74. The molecule has 0 aromatic heterocycles. The van der Waals surface area contributed by atoms with Crippen LogP contribution in [0.25, 0.3) is 0 Å². The van der Waals surface area contributed by atoms with Gasteiger partial charge in [0.05, 0.1) is 35.4 Å². The van der Waals surface area contributed by atoms with Crippen molar-refractivity contribution in [3.63, 3.8) is 0 Å². The Morgan fingerprint density at radius 2 is 2.00 bits per heavy atom. The number of benzene rings is 2. The Kier molecular flexibility index (Phi) is 8.12. The molecule has 32 heavy (non-hydrogen) atoms. The fraction of sp³-hybridized carbons (Fsp3) is 0.227. The molecule has 0 bridgehead atoms. The van der Waals surface area contributed by atoms with Gasteiger partial charge in [-0.05, 0) is 51.3 Å². The Hall–Kier alpha value is -2.18. The third-order valence-electron chi connectivity index (χ3n) is 4.91. The number of allylic oxidation sites excluding steroid dienone is 1. The van der Waals surface area contributed by atoms with E-state index in [9.17, 15) is 14.9 Å². The van der Waals surface area contributed by atoms with Gasteiger partial charge in [-0.25, -0.2) is 0 Å². The summed E-state index contributed by atoms with van der Waals surface area (Å²) < 4.78 is 10.8. The first kappa shape index (κ1) is 24.5. The van der Waals surface area contributed by atoms with E-state index in [1.807, 2.05) is 0 Å². The number of methoxy groups -OCH3 is 2. The van der Waals surface area contributed by atoms with Crippen LogP contribution in [0.5, 0.6) is 5.75 Å². The van der Waals surface area contributed by atoms with Gasteiger partial charge in [0.25, 0.3) is 0 Å². The average molecular weight is 556 g/mol. The second-order valence-corrected chi connectivity index (χ2v) is 9.42. The van der Waals surface area contributed by atoms with Crippen LogP contribution in [0.2, 0.25) is 10.0 Å². The van der Waals surface area contributed by atoms with Gasteiger partial charge in [0.2, 0.25) is 5.91 Å². The molecule has 1 heterocycles. The van der Waals surface area contributed by atoms with E-state index in [-0.39, 0.29) is 5.57 Å². The molecule has 2 aromatic rings. The summed E-state index contributed by atoms with van der Waals surface area (Å²) in [5, 5.41) is 14.1. The molecule has 2 aromatic carbocycles. The molecule has 1 aliphatic rings. The van der Waals surface area contributed by atoms with Crippen molar-refractivity contribution in [2.24, 2.45) is 5.92 Å². The van der Waals surface area contributed by atoms with E-state index in [0.717, 1.165) is 5.56 Å². The third-order valence-corrected chi connectivity index (χ3v) is 7.18. The highest BCUT2D eigenvalue weighted by atomic mass is 79.9. The minimum absolute atomic E-state index is 0.257. The SMILES string of the molecule is COC(=O)[C@@H]1C(=O)NC(SCc2ccc(Cl)cc2Cl)=C(C#N)[C@H]1c1ccc(OC)c(Br)c1. The maximum absolute atomic E-state index is 12.9. The van der Waals surface area contributed by atoms with Crippen molar-refractivity contribution in [1.82, 2.24) is 5.32 Å². The first-order valence-corrected chi connectivity index (χ1v) is 11.8. The molecule has 1 N–H and O–H groups in total. The number of nitrogens with zero attached hydrogens (tertiary/aromatic N) is 1. The number of carbonyl (C=O) groups is 2. The Morgan fingerprint density at radius 3 is 2.59 bits per heavy atom.